The summed E-state index contributed by atoms with van der Waals surface area (Å²) in [6.45, 7) is 2.39. The molecule has 1 aliphatic rings. The Bertz CT molecular complexity index is 1440. The predicted molar refractivity (Wildman–Crippen MR) is 126 cm³/mol. The number of nitrogens with zero attached hydrogens (tertiary/aromatic N) is 3. The molecule has 0 fully saturated rings. The minimum absolute atomic E-state index is 0.142. The zero-order chi connectivity index (χ0) is 23.0. The van der Waals surface area contributed by atoms with Crippen LogP contribution in [0.3, 0.4) is 0 Å². The number of benzene rings is 2. The molecule has 0 spiro atoms. The van der Waals surface area contributed by atoms with Gasteiger partial charge < -0.3 is 9.15 Å². The van der Waals surface area contributed by atoms with E-state index < -0.39 is 16.1 Å². The number of ether oxygens (including phenoxy) is 1. The second kappa shape index (κ2) is 8.53. The highest BCUT2D eigenvalue weighted by atomic mass is 35.5. The summed E-state index contributed by atoms with van der Waals surface area (Å²) in [7, 11) is -3.95. The van der Waals surface area contributed by atoms with Crippen LogP contribution in [0.5, 0.6) is 5.75 Å². The van der Waals surface area contributed by atoms with Gasteiger partial charge in [-0.25, -0.2) is 4.98 Å². The molecule has 168 valence electrons. The molecule has 1 atom stereocenters. The zero-order valence-corrected chi connectivity index (χ0v) is 19.3. The fraction of sp³-hybridized carbons (Fsp3) is 0.167. The molecule has 0 bridgehead atoms. The lowest BCUT2D eigenvalue weighted by molar-refractivity contribution is 0.343. The van der Waals surface area contributed by atoms with Crippen LogP contribution < -0.4 is 4.74 Å². The summed E-state index contributed by atoms with van der Waals surface area (Å²) in [5.74, 6) is 1.13. The molecule has 0 aliphatic carbocycles. The third kappa shape index (κ3) is 3.85. The van der Waals surface area contributed by atoms with Crippen LogP contribution in [-0.4, -0.2) is 30.1 Å². The molecule has 0 saturated heterocycles. The van der Waals surface area contributed by atoms with E-state index in [0.29, 0.717) is 34.9 Å². The van der Waals surface area contributed by atoms with E-state index in [9.17, 15) is 8.42 Å². The maximum atomic E-state index is 13.6. The maximum Gasteiger partial charge on any atom is 0.279 e. The van der Waals surface area contributed by atoms with Crippen LogP contribution in [0, 0.1) is 0 Å². The number of halogens is 1. The first-order valence-corrected chi connectivity index (χ1v) is 12.2. The molecule has 3 heterocycles. The Labute approximate surface area is 196 Å². The van der Waals surface area contributed by atoms with Crippen LogP contribution in [0.15, 0.2) is 87.4 Å². The van der Waals surface area contributed by atoms with Crippen molar-refractivity contribution in [2.45, 2.75) is 24.3 Å². The lowest BCUT2D eigenvalue weighted by Crippen LogP contribution is -2.27. The average molecular weight is 482 g/mol. The fourth-order valence-electron chi connectivity index (χ4n) is 3.90. The van der Waals surface area contributed by atoms with Gasteiger partial charge in [0, 0.05) is 17.4 Å². The van der Waals surface area contributed by atoms with Gasteiger partial charge in [0.05, 0.1) is 23.8 Å². The number of rotatable bonds is 6. The summed E-state index contributed by atoms with van der Waals surface area (Å²) in [4.78, 5) is 4.70. The van der Waals surface area contributed by atoms with Crippen molar-refractivity contribution in [1.29, 1.82) is 0 Å². The number of hydrogen-bond acceptors (Lipinski definition) is 6. The monoisotopic (exact) mass is 481 g/mol. The maximum absolute atomic E-state index is 13.6. The molecular weight excluding hydrogens is 462 g/mol. The van der Waals surface area contributed by atoms with Gasteiger partial charge in [0.25, 0.3) is 10.0 Å². The van der Waals surface area contributed by atoms with Crippen molar-refractivity contribution in [2.75, 3.05) is 6.61 Å². The number of para-hydroxylation sites is 1. The number of hydrogen-bond donors (Lipinski definition) is 0. The number of hydrazone groups is 1. The number of furan rings is 1. The zero-order valence-electron chi connectivity index (χ0n) is 17.7. The lowest BCUT2D eigenvalue weighted by Gasteiger charge is -2.24. The Morgan fingerprint density at radius 3 is 2.67 bits per heavy atom. The highest BCUT2D eigenvalue weighted by molar-refractivity contribution is 7.89. The van der Waals surface area contributed by atoms with E-state index in [-0.39, 0.29) is 16.5 Å². The van der Waals surface area contributed by atoms with Crippen molar-refractivity contribution < 1.29 is 17.6 Å². The Balaban J connectivity index is 1.64. The van der Waals surface area contributed by atoms with Crippen LogP contribution in [0.25, 0.3) is 10.9 Å². The molecule has 0 saturated carbocycles. The smallest absolute Gasteiger partial charge is 0.279 e. The normalized spacial score (nSPS) is 16.2. The van der Waals surface area contributed by atoms with Crippen LogP contribution >= 0.6 is 11.6 Å². The van der Waals surface area contributed by atoms with E-state index in [0.717, 1.165) is 9.80 Å². The second-order valence-corrected chi connectivity index (χ2v) is 9.62. The SMILES string of the molecule is CCOc1cccc2cc([C@@H]3CC(c4ccco4)=NN3S(=O)(=O)c3ccccc3)c(Cl)nc12. The summed E-state index contributed by atoms with van der Waals surface area (Å²) in [5, 5.41) is 5.45. The molecule has 2 aromatic carbocycles. The Kier molecular flexibility index (Phi) is 5.55. The third-order valence-electron chi connectivity index (χ3n) is 5.41. The summed E-state index contributed by atoms with van der Waals surface area (Å²) in [5.41, 5.74) is 1.70. The number of pyridine rings is 1. The van der Waals surface area contributed by atoms with Gasteiger partial charge >= 0.3 is 0 Å². The molecule has 0 unspecified atom stereocenters. The molecular formula is C24H20ClN3O4S. The van der Waals surface area contributed by atoms with E-state index >= 15 is 0 Å². The van der Waals surface area contributed by atoms with E-state index in [1.54, 1.807) is 42.5 Å². The number of sulfonamides is 1. The molecule has 0 radical (unpaired) electrons. The molecule has 0 N–H and O–H groups in total. The molecule has 1 aliphatic heterocycles. The Hall–Kier alpha value is -3.36. The van der Waals surface area contributed by atoms with Crippen molar-refractivity contribution >= 4 is 38.2 Å². The van der Waals surface area contributed by atoms with Gasteiger partial charge in [0.15, 0.2) is 0 Å². The van der Waals surface area contributed by atoms with E-state index in [4.69, 9.17) is 20.8 Å². The van der Waals surface area contributed by atoms with E-state index in [1.165, 1.54) is 6.26 Å². The predicted octanol–water partition coefficient (Wildman–Crippen LogP) is 5.42. The molecule has 4 aromatic rings. The van der Waals surface area contributed by atoms with Crippen molar-refractivity contribution in [2.24, 2.45) is 5.10 Å². The molecule has 9 heteroatoms. The first-order valence-electron chi connectivity index (χ1n) is 10.4. The minimum atomic E-state index is -3.95. The first-order chi connectivity index (χ1) is 16.0. The van der Waals surface area contributed by atoms with Crippen LogP contribution in [0.2, 0.25) is 5.15 Å². The number of fused-ring (bicyclic) bond motifs is 1. The van der Waals surface area contributed by atoms with Crippen molar-refractivity contribution in [3.05, 3.63) is 89.5 Å². The van der Waals surface area contributed by atoms with E-state index in [1.807, 2.05) is 31.2 Å². The third-order valence-corrected chi connectivity index (χ3v) is 7.41. The standard InChI is InChI=1S/C24H20ClN3O4S/c1-2-31-22-11-6-8-16-14-18(24(25)26-23(16)22)20-15-19(21-12-7-13-32-21)27-28(20)33(29,30)17-9-4-3-5-10-17/h3-14,20H,2,15H2,1H3/t20-/m0/s1. The van der Waals surface area contributed by atoms with Gasteiger partial charge in [0.1, 0.15) is 27.9 Å². The van der Waals surface area contributed by atoms with Gasteiger partial charge in [-0.05, 0) is 43.3 Å². The topological polar surface area (TPSA) is 85.0 Å². The van der Waals surface area contributed by atoms with Gasteiger partial charge in [-0.15, -0.1) is 0 Å². The van der Waals surface area contributed by atoms with Crippen LogP contribution in [0.1, 0.15) is 30.7 Å². The average Bonchev–Trinajstić information content (AvgIpc) is 3.50. The number of aromatic nitrogens is 1. The molecule has 33 heavy (non-hydrogen) atoms. The second-order valence-electron chi connectivity index (χ2n) is 7.46. The van der Waals surface area contributed by atoms with Gasteiger partial charge in [-0.3, -0.25) is 0 Å². The summed E-state index contributed by atoms with van der Waals surface area (Å²) in [6, 6.07) is 18.4. The Morgan fingerprint density at radius 2 is 1.94 bits per heavy atom. The summed E-state index contributed by atoms with van der Waals surface area (Å²) < 4.78 is 39.4. The van der Waals surface area contributed by atoms with Gasteiger partial charge in [-0.2, -0.15) is 17.9 Å². The van der Waals surface area contributed by atoms with E-state index in [2.05, 4.69) is 10.1 Å². The first kappa shape index (κ1) is 21.5. The summed E-state index contributed by atoms with van der Waals surface area (Å²) >= 11 is 6.63. The highest BCUT2D eigenvalue weighted by Gasteiger charge is 2.39. The van der Waals surface area contributed by atoms with Crippen molar-refractivity contribution in [3.8, 4) is 5.75 Å². The molecule has 2 aromatic heterocycles. The molecule has 0 amide bonds. The van der Waals surface area contributed by atoms with Crippen LogP contribution in [-0.2, 0) is 10.0 Å². The minimum Gasteiger partial charge on any atom is -0.492 e. The Morgan fingerprint density at radius 1 is 1.12 bits per heavy atom. The van der Waals surface area contributed by atoms with Crippen molar-refractivity contribution in [1.82, 2.24) is 9.40 Å². The largest absolute Gasteiger partial charge is 0.492 e. The summed E-state index contributed by atoms with van der Waals surface area (Å²) in [6.07, 6.45) is 1.82. The van der Waals surface area contributed by atoms with Crippen LogP contribution in [0.4, 0.5) is 0 Å². The quantitative estimate of drug-likeness (QED) is 0.343. The van der Waals surface area contributed by atoms with Gasteiger partial charge in [-0.1, -0.05) is 41.9 Å². The fourth-order valence-corrected chi connectivity index (χ4v) is 5.62. The highest BCUT2D eigenvalue weighted by Crippen LogP contribution is 2.41. The van der Waals surface area contributed by atoms with Crippen molar-refractivity contribution in [3.63, 3.8) is 0 Å². The molecule has 7 nitrogen and oxygen atoms in total. The lowest BCUT2D eigenvalue weighted by atomic mass is 10.0. The van der Waals surface area contributed by atoms with Gasteiger partial charge in [0.2, 0.25) is 0 Å². The molecule has 5 rings (SSSR count).